The summed E-state index contributed by atoms with van der Waals surface area (Å²) >= 11 is 5.81. The maximum absolute atomic E-state index is 12.1. The molecule has 0 radical (unpaired) electrons. The summed E-state index contributed by atoms with van der Waals surface area (Å²) in [6, 6.07) is 7.08. The van der Waals surface area contributed by atoms with Crippen LogP contribution in [0.5, 0.6) is 0 Å². The maximum Gasteiger partial charge on any atom is 0.317 e. The number of urea groups is 1. The zero-order chi connectivity index (χ0) is 16.2. The average molecular weight is 346 g/mol. The van der Waals surface area contributed by atoms with Crippen LogP contribution in [-0.2, 0) is 16.6 Å². The Morgan fingerprint density at radius 2 is 1.86 bits per heavy atom. The number of piperidine rings is 1. The molecule has 1 aromatic rings. The highest BCUT2D eigenvalue weighted by atomic mass is 35.5. The minimum Gasteiger partial charge on any atom is -0.334 e. The minimum atomic E-state index is -3.19. The lowest BCUT2D eigenvalue weighted by Gasteiger charge is -2.32. The van der Waals surface area contributed by atoms with Crippen LogP contribution in [0.2, 0.25) is 5.02 Å². The lowest BCUT2D eigenvalue weighted by Crippen LogP contribution is -2.49. The number of sulfonamides is 1. The molecule has 0 spiro atoms. The van der Waals surface area contributed by atoms with Gasteiger partial charge in [0, 0.05) is 30.7 Å². The van der Waals surface area contributed by atoms with E-state index in [0.29, 0.717) is 37.5 Å². The molecule has 0 bridgehead atoms. The number of carbonyl (C=O) groups is 1. The SMILES string of the molecule is CS(=O)(=O)NC1CCN(C(=O)NCc2ccc(Cl)cc2)CC1. The molecular weight excluding hydrogens is 326 g/mol. The number of benzene rings is 1. The molecule has 0 atom stereocenters. The number of nitrogens with one attached hydrogen (secondary N) is 2. The first-order valence-corrected chi connectivity index (χ1v) is 9.35. The Hall–Kier alpha value is -1.31. The number of rotatable bonds is 4. The molecule has 0 aromatic heterocycles. The lowest BCUT2D eigenvalue weighted by atomic mass is 10.1. The van der Waals surface area contributed by atoms with Gasteiger partial charge in [0.15, 0.2) is 0 Å². The van der Waals surface area contributed by atoms with Gasteiger partial charge in [-0.15, -0.1) is 0 Å². The Morgan fingerprint density at radius 3 is 2.41 bits per heavy atom. The van der Waals surface area contributed by atoms with E-state index in [0.717, 1.165) is 11.8 Å². The van der Waals surface area contributed by atoms with Crippen LogP contribution >= 0.6 is 11.6 Å². The summed E-state index contributed by atoms with van der Waals surface area (Å²) in [6.45, 7) is 1.52. The van der Waals surface area contributed by atoms with Crippen molar-refractivity contribution < 1.29 is 13.2 Å². The molecular formula is C14H20ClN3O3S. The summed E-state index contributed by atoms with van der Waals surface area (Å²) in [7, 11) is -3.19. The molecule has 6 nitrogen and oxygen atoms in total. The molecule has 0 aliphatic carbocycles. The largest absolute Gasteiger partial charge is 0.334 e. The molecule has 2 rings (SSSR count). The second kappa shape index (κ2) is 7.30. The van der Waals surface area contributed by atoms with Gasteiger partial charge in [-0.1, -0.05) is 23.7 Å². The molecule has 0 saturated carbocycles. The summed E-state index contributed by atoms with van der Waals surface area (Å²) in [4.78, 5) is 13.8. The van der Waals surface area contributed by atoms with E-state index in [1.165, 1.54) is 0 Å². The van der Waals surface area contributed by atoms with Gasteiger partial charge in [-0.25, -0.2) is 17.9 Å². The van der Waals surface area contributed by atoms with E-state index in [2.05, 4.69) is 10.0 Å². The van der Waals surface area contributed by atoms with Gasteiger partial charge in [0.2, 0.25) is 10.0 Å². The van der Waals surface area contributed by atoms with Crippen molar-refractivity contribution in [2.24, 2.45) is 0 Å². The van der Waals surface area contributed by atoms with Crippen LogP contribution in [-0.4, -0.2) is 44.7 Å². The molecule has 22 heavy (non-hydrogen) atoms. The average Bonchev–Trinajstić information content (AvgIpc) is 2.45. The quantitative estimate of drug-likeness (QED) is 0.869. The van der Waals surface area contributed by atoms with Gasteiger partial charge in [0.1, 0.15) is 0 Å². The summed E-state index contributed by atoms with van der Waals surface area (Å²) in [5.74, 6) is 0. The van der Waals surface area contributed by atoms with Crippen molar-refractivity contribution >= 4 is 27.7 Å². The van der Waals surface area contributed by atoms with Gasteiger partial charge in [0.05, 0.1) is 6.26 Å². The third-order valence-corrected chi connectivity index (χ3v) is 4.53. The van der Waals surface area contributed by atoms with E-state index in [4.69, 9.17) is 11.6 Å². The van der Waals surface area contributed by atoms with Crippen LogP contribution < -0.4 is 10.0 Å². The Labute approximate surface area is 135 Å². The number of halogens is 1. The van der Waals surface area contributed by atoms with Crippen LogP contribution in [0.25, 0.3) is 0 Å². The monoisotopic (exact) mass is 345 g/mol. The number of hydrogen-bond acceptors (Lipinski definition) is 3. The van der Waals surface area contributed by atoms with Crippen molar-refractivity contribution in [3.63, 3.8) is 0 Å². The summed E-state index contributed by atoms with van der Waals surface area (Å²) < 4.78 is 25.0. The zero-order valence-corrected chi connectivity index (χ0v) is 14.0. The molecule has 1 heterocycles. The first-order valence-electron chi connectivity index (χ1n) is 7.08. The van der Waals surface area contributed by atoms with E-state index >= 15 is 0 Å². The first-order chi connectivity index (χ1) is 10.3. The van der Waals surface area contributed by atoms with Gasteiger partial charge in [0.25, 0.3) is 0 Å². The topological polar surface area (TPSA) is 78.5 Å². The molecule has 2 amide bonds. The summed E-state index contributed by atoms with van der Waals surface area (Å²) in [6.07, 6.45) is 2.40. The number of amides is 2. The Bertz CT molecular complexity index is 611. The highest BCUT2D eigenvalue weighted by Crippen LogP contribution is 2.12. The van der Waals surface area contributed by atoms with Gasteiger partial charge in [-0.05, 0) is 30.5 Å². The van der Waals surface area contributed by atoms with Crippen molar-refractivity contribution in [3.05, 3.63) is 34.9 Å². The van der Waals surface area contributed by atoms with E-state index < -0.39 is 10.0 Å². The van der Waals surface area contributed by atoms with E-state index in [9.17, 15) is 13.2 Å². The van der Waals surface area contributed by atoms with Gasteiger partial charge < -0.3 is 10.2 Å². The van der Waals surface area contributed by atoms with Crippen LogP contribution in [0.4, 0.5) is 4.79 Å². The lowest BCUT2D eigenvalue weighted by molar-refractivity contribution is 0.179. The van der Waals surface area contributed by atoms with E-state index in [-0.39, 0.29) is 12.1 Å². The van der Waals surface area contributed by atoms with Crippen molar-refractivity contribution in [2.45, 2.75) is 25.4 Å². The fourth-order valence-corrected chi connectivity index (χ4v) is 3.36. The highest BCUT2D eigenvalue weighted by Gasteiger charge is 2.24. The third-order valence-electron chi connectivity index (χ3n) is 3.52. The highest BCUT2D eigenvalue weighted by molar-refractivity contribution is 7.88. The fourth-order valence-electron chi connectivity index (χ4n) is 2.39. The smallest absolute Gasteiger partial charge is 0.317 e. The molecule has 2 N–H and O–H groups in total. The molecule has 1 aliphatic heterocycles. The maximum atomic E-state index is 12.1. The third kappa shape index (κ3) is 5.47. The van der Waals surface area contributed by atoms with Gasteiger partial charge in [-0.2, -0.15) is 0 Å². The van der Waals surface area contributed by atoms with Crippen LogP contribution in [0.1, 0.15) is 18.4 Å². The van der Waals surface area contributed by atoms with E-state index in [1.807, 2.05) is 12.1 Å². The van der Waals surface area contributed by atoms with Gasteiger partial charge >= 0.3 is 6.03 Å². The number of nitrogens with zero attached hydrogens (tertiary/aromatic N) is 1. The standard InChI is InChI=1S/C14H20ClN3O3S/c1-22(20,21)17-13-6-8-18(9-7-13)14(19)16-10-11-2-4-12(15)5-3-11/h2-5,13,17H,6-10H2,1H3,(H,16,19). The Balaban J connectivity index is 1.76. The normalized spacial score (nSPS) is 16.5. The summed E-state index contributed by atoms with van der Waals surface area (Å²) in [5.41, 5.74) is 0.978. The molecule has 1 fully saturated rings. The van der Waals surface area contributed by atoms with Crippen molar-refractivity contribution in [3.8, 4) is 0 Å². The fraction of sp³-hybridized carbons (Fsp3) is 0.500. The minimum absolute atomic E-state index is 0.0877. The number of likely N-dealkylation sites (tertiary alicyclic amines) is 1. The predicted octanol–water partition coefficient (Wildman–Crippen LogP) is 1.56. The second-order valence-corrected chi connectivity index (χ2v) is 7.65. The summed E-state index contributed by atoms with van der Waals surface area (Å²) in [5, 5.41) is 3.52. The Kier molecular flexibility index (Phi) is 5.66. The molecule has 1 aromatic carbocycles. The number of hydrogen-bond donors (Lipinski definition) is 2. The van der Waals surface area contributed by atoms with E-state index in [1.54, 1.807) is 17.0 Å². The second-order valence-electron chi connectivity index (χ2n) is 5.44. The molecule has 122 valence electrons. The molecule has 0 unspecified atom stereocenters. The zero-order valence-electron chi connectivity index (χ0n) is 12.4. The number of carbonyl (C=O) groups excluding carboxylic acids is 1. The van der Waals surface area contributed by atoms with Crippen LogP contribution in [0.15, 0.2) is 24.3 Å². The molecule has 1 saturated heterocycles. The molecule has 8 heteroatoms. The van der Waals surface area contributed by atoms with Crippen molar-refractivity contribution in [1.29, 1.82) is 0 Å². The first kappa shape index (κ1) is 17.1. The van der Waals surface area contributed by atoms with Crippen molar-refractivity contribution in [2.75, 3.05) is 19.3 Å². The predicted molar refractivity (Wildman–Crippen MR) is 86.3 cm³/mol. The van der Waals surface area contributed by atoms with Gasteiger partial charge in [-0.3, -0.25) is 0 Å². The Morgan fingerprint density at radius 1 is 1.27 bits per heavy atom. The van der Waals surface area contributed by atoms with Crippen LogP contribution in [0, 0.1) is 0 Å². The van der Waals surface area contributed by atoms with Crippen LogP contribution in [0.3, 0.4) is 0 Å². The van der Waals surface area contributed by atoms with Crippen molar-refractivity contribution in [1.82, 2.24) is 14.9 Å². The molecule has 1 aliphatic rings.